The van der Waals surface area contributed by atoms with Crippen LogP contribution in [0.4, 0.5) is 4.39 Å². The first-order valence-corrected chi connectivity index (χ1v) is 3.57. The summed E-state index contributed by atoms with van der Waals surface area (Å²) in [6.45, 7) is 0. The molecular formula is C6H3FINO. The molecule has 52 valence electrons. The summed E-state index contributed by atoms with van der Waals surface area (Å²) < 4.78 is 12.9. The SMILES string of the molecule is O=Cc1cncc(F)c1I. The van der Waals surface area contributed by atoms with E-state index in [1.165, 1.54) is 6.20 Å². The molecular weight excluding hydrogens is 248 g/mol. The van der Waals surface area contributed by atoms with Crippen molar-refractivity contribution < 1.29 is 9.18 Å². The number of carbonyl (C=O) groups excluding carboxylic acids is 1. The van der Waals surface area contributed by atoms with Crippen LogP contribution in [0.1, 0.15) is 10.4 Å². The molecule has 0 aliphatic heterocycles. The van der Waals surface area contributed by atoms with E-state index >= 15 is 0 Å². The second-order valence-corrected chi connectivity index (χ2v) is 2.72. The molecule has 1 heterocycles. The lowest BCUT2D eigenvalue weighted by atomic mass is 10.3. The van der Waals surface area contributed by atoms with Gasteiger partial charge in [0.25, 0.3) is 0 Å². The summed E-state index contributed by atoms with van der Waals surface area (Å²) in [5.41, 5.74) is 0.292. The van der Waals surface area contributed by atoms with Crippen molar-refractivity contribution >= 4 is 28.9 Å². The predicted octanol–water partition coefficient (Wildman–Crippen LogP) is 1.64. The van der Waals surface area contributed by atoms with Crippen LogP contribution in [0.5, 0.6) is 0 Å². The first-order valence-electron chi connectivity index (χ1n) is 2.50. The highest BCUT2D eigenvalue weighted by molar-refractivity contribution is 14.1. The third-order valence-corrected chi connectivity index (χ3v) is 2.13. The Hall–Kier alpha value is -0.520. The van der Waals surface area contributed by atoms with E-state index in [0.29, 0.717) is 15.4 Å². The molecule has 0 fully saturated rings. The standard InChI is InChI=1S/C6H3FINO/c7-5-2-9-1-4(3-10)6(5)8/h1-3H. The lowest BCUT2D eigenvalue weighted by Crippen LogP contribution is -1.91. The highest BCUT2D eigenvalue weighted by atomic mass is 127. The van der Waals surface area contributed by atoms with Gasteiger partial charge in [-0.05, 0) is 22.6 Å². The Morgan fingerprint density at radius 2 is 2.30 bits per heavy atom. The fourth-order valence-electron chi connectivity index (χ4n) is 0.516. The minimum Gasteiger partial charge on any atom is -0.298 e. The number of aldehydes is 1. The molecule has 2 nitrogen and oxygen atoms in total. The molecule has 1 aromatic rings. The van der Waals surface area contributed by atoms with Crippen LogP contribution >= 0.6 is 22.6 Å². The van der Waals surface area contributed by atoms with Crippen molar-refractivity contribution in [3.63, 3.8) is 0 Å². The molecule has 0 amide bonds. The van der Waals surface area contributed by atoms with Gasteiger partial charge in [0.15, 0.2) is 12.1 Å². The van der Waals surface area contributed by atoms with Gasteiger partial charge in [-0.2, -0.15) is 0 Å². The molecule has 1 aromatic heterocycles. The molecule has 4 heteroatoms. The van der Waals surface area contributed by atoms with Crippen molar-refractivity contribution in [2.24, 2.45) is 0 Å². The third-order valence-electron chi connectivity index (χ3n) is 0.992. The molecule has 0 bridgehead atoms. The number of carbonyl (C=O) groups is 1. The minimum absolute atomic E-state index is 0.292. The van der Waals surface area contributed by atoms with Crippen molar-refractivity contribution in [1.82, 2.24) is 4.98 Å². The van der Waals surface area contributed by atoms with Crippen LogP contribution in [0.3, 0.4) is 0 Å². The van der Waals surface area contributed by atoms with Gasteiger partial charge in [-0.25, -0.2) is 4.39 Å². The highest BCUT2D eigenvalue weighted by Gasteiger charge is 2.02. The Kier molecular flexibility index (Phi) is 2.31. The fourth-order valence-corrected chi connectivity index (χ4v) is 0.922. The minimum atomic E-state index is -0.454. The number of aromatic nitrogens is 1. The number of hydrogen-bond acceptors (Lipinski definition) is 2. The molecule has 0 saturated carbocycles. The Morgan fingerprint density at radius 3 is 2.80 bits per heavy atom. The van der Waals surface area contributed by atoms with Crippen LogP contribution in [0.15, 0.2) is 12.4 Å². The Labute approximate surface area is 70.6 Å². The molecule has 10 heavy (non-hydrogen) atoms. The zero-order valence-electron chi connectivity index (χ0n) is 4.84. The third kappa shape index (κ3) is 1.31. The summed E-state index contributed by atoms with van der Waals surface area (Å²) in [5, 5.41) is 0. The van der Waals surface area contributed by atoms with Crippen LogP contribution in [0.25, 0.3) is 0 Å². The zero-order chi connectivity index (χ0) is 7.56. The quantitative estimate of drug-likeness (QED) is 0.561. The van der Waals surface area contributed by atoms with Crippen molar-refractivity contribution in [3.8, 4) is 0 Å². The molecule has 0 atom stereocenters. The smallest absolute Gasteiger partial charge is 0.155 e. The molecule has 0 spiro atoms. The van der Waals surface area contributed by atoms with Gasteiger partial charge in [0, 0.05) is 11.8 Å². The van der Waals surface area contributed by atoms with Gasteiger partial charge < -0.3 is 0 Å². The maximum Gasteiger partial charge on any atom is 0.155 e. The van der Waals surface area contributed by atoms with Gasteiger partial charge in [0.1, 0.15) is 0 Å². The molecule has 1 rings (SSSR count). The monoisotopic (exact) mass is 251 g/mol. The van der Waals surface area contributed by atoms with E-state index in [2.05, 4.69) is 4.98 Å². The van der Waals surface area contributed by atoms with E-state index in [-0.39, 0.29) is 0 Å². The van der Waals surface area contributed by atoms with Gasteiger partial charge in [0.05, 0.1) is 9.77 Å². The van der Waals surface area contributed by atoms with Crippen LogP contribution in [-0.4, -0.2) is 11.3 Å². The second-order valence-electron chi connectivity index (χ2n) is 1.64. The number of hydrogen-bond donors (Lipinski definition) is 0. The molecule has 0 unspecified atom stereocenters. The fraction of sp³-hybridized carbons (Fsp3) is 0. The van der Waals surface area contributed by atoms with Gasteiger partial charge in [-0.1, -0.05) is 0 Å². The van der Waals surface area contributed by atoms with Crippen LogP contribution in [0.2, 0.25) is 0 Å². The lowest BCUT2D eigenvalue weighted by molar-refractivity contribution is 0.112. The average molecular weight is 251 g/mol. The van der Waals surface area contributed by atoms with Crippen molar-refractivity contribution in [2.75, 3.05) is 0 Å². The number of rotatable bonds is 1. The number of nitrogens with zero attached hydrogens (tertiary/aromatic N) is 1. The van der Waals surface area contributed by atoms with Crippen molar-refractivity contribution in [1.29, 1.82) is 0 Å². The maximum absolute atomic E-state index is 12.5. The average Bonchev–Trinajstić information content (AvgIpc) is 1.95. The van der Waals surface area contributed by atoms with Crippen molar-refractivity contribution in [2.45, 2.75) is 0 Å². The summed E-state index contributed by atoms with van der Waals surface area (Å²) >= 11 is 1.76. The Balaban J connectivity index is 3.27. The normalized spacial score (nSPS) is 9.40. The van der Waals surface area contributed by atoms with E-state index in [1.54, 1.807) is 22.6 Å². The molecule has 0 radical (unpaired) electrons. The molecule has 0 aromatic carbocycles. The lowest BCUT2D eigenvalue weighted by Gasteiger charge is -1.93. The summed E-state index contributed by atoms with van der Waals surface area (Å²) in [7, 11) is 0. The van der Waals surface area contributed by atoms with Gasteiger partial charge >= 0.3 is 0 Å². The van der Waals surface area contributed by atoms with Gasteiger partial charge in [-0.15, -0.1) is 0 Å². The molecule has 0 saturated heterocycles. The summed E-state index contributed by atoms with van der Waals surface area (Å²) in [4.78, 5) is 13.7. The summed E-state index contributed by atoms with van der Waals surface area (Å²) in [5.74, 6) is -0.454. The van der Waals surface area contributed by atoms with E-state index in [4.69, 9.17) is 0 Å². The maximum atomic E-state index is 12.5. The van der Waals surface area contributed by atoms with Crippen LogP contribution < -0.4 is 0 Å². The molecule has 0 aliphatic rings. The zero-order valence-corrected chi connectivity index (χ0v) is 7.00. The Bertz CT molecular complexity index is 264. The highest BCUT2D eigenvalue weighted by Crippen LogP contribution is 2.11. The first-order chi connectivity index (χ1) is 4.75. The van der Waals surface area contributed by atoms with Crippen molar-refractivity contribution in [3.05, 3.63) is 27.3 Å². The first kappa shape index (κ1) is 7.59. The van der Waals surface area contributed by atoms with E-state index < -0.39 is 5.82 Å². The summed E-state index contributed by atoms with van der Waals surface area (Å²) in [6.07, 6.45) is 2.99. The van der Waals surface area contributed by atoms with E-state index in [0.717, 1.165) is 6.20 Å². The van der Waals surface area contributed by atoms with Gasteiger partial charge in [-0.3, -0.25) is 9.78 Å². The number of halogens is 2. The summed E-state index contributed by atoms with van der Waals surface area (Å²) in [6, 6.07) is 0. The van der Waals surface area contributed by atoms with E-state index in [1.807, 2.05) is 0 Å². The predicted molar refractivity (Wildman–Crippen MR) is 42.3 cm³/mol. The molecule has 0 aliphatic carbocycles. The second kappa shape index (κ2) is 3.05. The van der Waals surface area contributed by atoms with Gasteiger partial charge in [0.2, 0.25) is 0 Å². The van der Waals surface area contributed by atoms with Crippen LogP contribution in [-0.2, 0) is 0 Å². The number of pyridine rings is 1. The largest absolute Gasteiger partial charge is 0.298 e. The van der Waals surface area contributed by atoms with Crippen LogP contribution in [0, 0.1) is 9.39 Å². The topological polar surface area (TPSA) is 30.0 Å². The van der Waals surface area contributed by atoms with E-state index in [9.17, 15) is 9.18 Å². The molecule has 0 N–H and O–H groups in total. The Morgan fingerprint density at radius 1 is 1.60 bits per heavy atom.